The average molecular weight is 478 g/mol. The third-order valence-corrected chi connectivity index (χ3v) is 5.88. The second-order valence-corrected chi connectivity index (χ2v) is 8.37. The Labute approximate surface area is 173 Å². The Kier molecular flexibility index (Phi) is 4.14. The summed E-state index contributed by atoms with van der Waals surface area (Å²) in [7, 11) is 0. The molecule has 0 aliphatic rings. The summed E-state index contributed by atoms with van der Waals surface area (Å²) in [5, 5.41) is 2.29. The van der Waals surface area contributed by atoms with Gasteiger partial charge in [-0.1, -0.05) is 68.3 Å². The minimum atomic E-state index is 0.916. The van der Waals surface area contributed by atoms with Crippen molar-refractivity contribution in [3.8, 4) is 22.3 Å². The molecular weight excluding hydrogens is 464 g/mol. The largest absolute Gasteiger partial charge is 0.456 e. The van der Waals surface area contributed by atoms with Crippen LogP contribution in [-0.4, -0.2) is 0 Å². The van der Waals surface area contributed by atoms with Crippen molar-refractivity contribution in [1.29, 1.82) is 0 Å². The highest BCUT2D eigenvalue weighted by Crippen LogP contribution is 2.35. The van der Waals surface area contributed by atoms with Crippen LogP contribution in [0.3, 0.4) is 0 Å². The summed E-state index contributed by atoms with van der Waals surface area (Å²) in [6.07, 6.45) is 0. The van der Waals surface area contributed by atoms with Crippen molar-refractivity contribution in [3.05, 3.63) is 93.9 Å². The molecule has 1 aromatic heterocycles. The van der Waals surface area contributed by atoms with E-state index in [9.17, 15) is 0 Å². The molecule has 0 radical (unpaired) electrons. The van der Waals surface area contributed by atoms with E-state index in [0.29, 0.717) is 0 Å². The molecule has 5 aromatic rings. The van der Waals surface area contributed by atoms with Gasteiger partial charge < -0.3 is 4.42 Å². The van der Waals surface area contributed by atoms with Crippen molar-refractivity contribution < 1.29 is 4.42 Å². The van der Waals surface area contributed by atoms with Crippen LogP contribution in [0.1, 0.15) is 0 Å². The zero-order chi connectivity index (χ0) is 18.4. The van der Waals surface area contributed by atoms with Gasteiger partial charge in [-0.2, -0.15) is 0 Å². The van der Waals surface area contributed by atoms with Gasteiger partial charge in [0.1, 0.15) is 11.2 Å². The molecule has 0 atom stereocenters. The maximum absolute atomic E-state index is 6.06. The number of halogens is 2. The van der Waals surface area contributed by atoms with Crippen LogP contribution in [0.15, 0.2) is 98.3 Å². The van der Waals surface area contributed by atoms with Gasteiger partial charge in [-0.25, -0.2) is 0 Å². The summed E-state index contributed by atoms with van der Waals surface area (Å²) in [5.74, 6) is 0. The number of hydrogen-bond acceptors (Lipinski definition) is 1. The first-order valence-corrected chi connectivity index (χ1v) is 10.2. The van der Waals surface area contributed by atoms with Crippen molar-refractivity contribution in [2.24, 2.45) is 0 Å². The molecule has 27 heavy (non-hydrogen) atoms. The fraction of sp³-hybridized carbons (Fsp3) is 0. The number of fused-ring (bicyclic) bond motifs is 3. The second-order valence-electron chi connectivity index (χ2n) is 6.54. The SMILES string of the molecule is Brc1ccc(-c2ccc3oc4ccc(-c5ccc(Br)cc5)cc4c3c2)cc1. The number of hydrogen-bond donors (Lipinski definition) is 0. The van der Waals surface area contributed by atoms with Gasteiger partial charge in [0.2, 0.25) is 0 Å². The van der Waals surface area contributed by atoms with E-state index in [1.807, 2.05) is 0 Å². The van der Waals surface area contributed by atoms with E-state index in [0.717, 1.165) is 30.9 Å². The molecule has 0 bridgehead atoms. The maximum Gasteiger partial charge on any atom is 0.135 e. The zero-order valence-electron chi connectivity index (χ0n) is 14.2. The lowest BCUT2D eigenvalue weighted by Crippen LogP contribution is -1.79. The molecule has 0 aliphatic carbocycles. The molecule has 1 heterocycles. The number of benzene rings is 4. The molecule has 0 saturated carbocycles. The van der Waals surface area contributed by atoms with Crippen LogP contribution in [0, 0.1) is 0 Å². The van der Waals surface area contributed by atoms with Gasteiger partial charge >= 0.3 is 0 Å². The number of rotatable bonds is 2. The Morgan fingerprint density at radius 2 is 0.815 bits per heavy atom. The normalized spacial score (nSPS) is 11.3. The quantitative estimate of drug-likeness (QED) is 0.248. The van der Waals surface area contributed by atoms with Gasteiger partial charge in [0, 0.05) is 19.7 Å². The molecule has 0 spiro atoms. The minimum Gasteiger partial charge on any atom is -0.456 e. The van der Waals surface area contributed by atoms with Gasteiger partial charge in [-0.05, 0) is 70.8 Å². The van der Waals surface area contributed by atoms with Gasteiger partial charge in [-0.3, -0.25) is 0 Å². The molecule has 0 saturated heterocycles. The fourth-order valence-electron chi connectivity index (χ4n) is 3.42. The van der Waals surface area contributed by atoms with Crippen molar-refractivity contribution >= 4 is 53.8 Å². The highest BCUT2D eigenvalue weighted by atomic mass is 79.9. The zero-order valence-corrected chi connectivity index (χ0v) is 17.4. The topological polar surface area (TPSA) is 13.1 Å². The van der Waals surface area contributed by atoms with Crippen LogP contribution in [0.5, 0.6) is 0 Å². The van der Waals surface area contributed by atoms with Gasteiger partial charge in [0.05, 0.1) is 0 Å². The average Bonchev–Trinajstić information content (AvgIpc) is 3.06. The van der Waals surface area contributed by atoms with E-state index in [4.69, 9.17) is 4.42 Å². The first-order chi connectivity index (χ1) is 13.2. The smallest absolute Gasteiger partial charge is 0.135 e. The predicted octanol–water partition coefficient (Wildman–Crippen LogP) is 8.45. The molecule has 0 aliphatic heterocycles. The Morgan fingerprint density at radius 3 is 1.22 bits per heavy atom. The monoisotopic (exact) mass is 476 g/mol. The van der Waals surface area contributed by atoms with E-state index in [2.05, 4.69) is 117 Å². The van der Waals surface area contributed by atoms with Crippen molar-refractivity contribution in [1.82, 2.24) is 0 Å². The van der Waals surface area contributed by atoms with Gasteiger partial charge in [0.25, 0.3) is 0 Å². The third-order valence-electron chi connectivity index (χ3n) is 4.82. The Morgan fingerprint density at radius 1 is 0.444 bits per heavy atom. The number of furan rings is 1. The molecule has 1 nitrogen and oxygen atoms in total. The summed E-state index contributed by atoms with van der Waals surface area (Å²) in [5.41, 5.74) is 6.59. The first-order valence-electron chi connectivity index (χ1n) is 8.66. The van der Waals surface area contributed by atoms with E-state index in [-0.39, 0.29) is 0 Å². The highest BCUT2D eigenvalue weighted by Gasteiger charge is 2.10. The van der Waals surface area contributed by atoms with Crippen molar-refractivity contribution in [2.75, 3.05) is 0 Å². The van der Waals surface area contributed by atoms with Crippen LogP contribution in [-0.2, 0) is 0 Å². The van der Waals surface area contributed by atoms with Gasteiger partial charge in [-0.15, -0.1) is 0 Å². The predicted molar refractivity (Wildman–Crippen MR) is 120 cm³/mol. The molecule has 0 unspecified atom stereocenters. The van der Waals surface area contributed by atoms with Crippen LogP contribution in [0.25, 0.3) is 44.2 Å². The summed E-state index contributed by atoms with van der Waals surface area (Å²) in [4.78, 5) is 0. The molecule has 130 valence electrons. The minimum absolute atomic E-state index is 0.916. The summed E-state index contributed by atoms with van der Waals surface area (Å²) < 4.78 is 8.22. The Balaban J connectivity index is 1.68. The maximum atomic E-state index is 6.06. The van der Waals surface area contributed by atoms with Crippen LogP contribution < -0.4 is 0 Å². The lowest BCUT2D eigenvalue weighted by molar-refractivity contribution is 0.669. The molecule has 0 N–H and O–H groups in total. The molecule has 0 fully saturated rings. The lowest BCUT2D eigenvalue weighted by atomic mass is 10.0. The van der Waals surface area contributed by atoms with Crippen LogP contribution >= 0.6 is 31.9 Å². The lowest BCUT2D eigenvalue weighted by Gasteiger charge is -2.03. The molecule has 5 rings (SSSR count). The summed E-state index contributed by atoms with van der Waals surface area (Å²) >= 11 is 7.00. The summed E-state index contributed by atoms with van der Waals surface area (Å²) in [6, 6.07) is 29.6. The van der Waals surface area contributed by atoms with Crippen LogP contribution in [0.4, 0.5) is 0 Å². The summed E-state index contributed by atoms with van der Waals surface area (Å²) in [6.45, 7) is 0. The van der Waals surface area contributed by atoms with E-state index >= 15 is 0 Å². The second kappa shape index (κ2) is 6.66. The van der Waals surface area contributed by atoms with E-state index in [1.165, 1.54) is 22.3 Å². The third kappa shape index (κ3) is 3.11. The van der Waals surface area contributed by atoms with Crippen LogP contribution in [0.2, 0.25) is 0 Å². The van der Waals surface area contributed by atoms with Crippen molar-refractivity contribution in [2.45, 2.75) is 0 Å². The van der Waals surface area contributed by atoms with Crippen molar-refractivity contribution in [3.63, 3.8) is 0 Å². The molecule has 0 amide bonds. The Hall–Kier alpha value is -2.36. The van der Waals surface area contributed by atoms with Gasteiger partial charge in [0.15, 0.2) is 0 Å². The fourth-order valence-corrected chi connectivity index (χ4v) is 3.95. The molecule has 4 aromatic carbocycles. The molecular formula is C24H14Br2O. The van der Waals surface area contributed by atoms with E-state index < -0.39 is 0 Å². The van der Waals surface area contributed by atoms with E-state index in [1.54, 1.807) is 0 Å². The first kappa shape index (κ1) is 16.8. The molecule has 3 heteroatoms. The standard InChI is InChI=1S/C24H14Br2O/c25-19-7-1-15(2-8-19)17-5-11-23-21(13-17)22-14-18(6-12-24(22)27-23)16-3-9-20(26)10-4-16/h1-14H. The Bertz CT molecular complexity index is 1170. The highest BCUT2D eigenvalue weighted by molar-refractivity contribution is 9.10.